The maximum absolute atomic E-state index is 12.7. The molecule has 3 rings (SSSR count). The number of rotatable bonds is 2. The lowest BCUT2D eigenvalue weighted by molar-refractivity contribution is -0.154. The molecule has 1 aromatic heterocycles. The highest BCUT2D eigenvalue weighted by Gasteiger charge is 2.45. The first-order valence-electron chi connectivity index (χ1n) is 7.17. The third-order valence-electron chi connectivity index (χ3n) is 4.19. The Morgan fingerprint density at radius 2 is 2.25 bits per heavy atom. The molecule has 1 aromatic rings. The summed E-state index contributed by atoms with van der Waals surface area (Å²) in [6, 6.07) is 4.01. The van der Waals surface area contributed by atoms with E-state index in [1.165, 1.54) is 0 Å². The fraction of sp³-hybridized carbons (Fsp3) is 0.600. The van der Waals surface area contributed by atoms with Crippen molar-refractivity contribution in [1.82, 2.24) is 4.90 Å². The molecule has 0 unspecified atom stereocenters. The molecule has 1 fully saturated rings. The van der Waals surface area contributed by atoms with Gasteiger partial charge < -0.3 is 9.74 Å². The van der Waals surface area contributed by atoms with Gasteiger partial charge in [-0.05, 0) is 37.1 Å². The van der Waals surface area contributed by atoms with Gasteiger partial charge in [0.05, 0.1) is 4.88 Å². The SMILES string of the molecule is CC1CCN(C(=O)[C@]2(C)CC(c3cccs3)=NO2)CC1. The van der Waals surface area contributed by atoms with Gasteiger partial charge in [-0.3, -0.25) is 4.79 Å². The molecule has 108 valence electrons. The van der Waals surface area contributed by atoms with E-state index in [9.17, 15) is 4.79 Å². The molecule has 2 aliphatic rings. The summed E-state index contributed by atoms with van der Waals surface area (Å²) in [5.41, 5.74) is 0.0705. The van der Waals surface area contributed by atoms with Gasteiger partial charge in [0.2, 0.25) is 5.60 Å². The van der Waals surface area contributed by atoms with Crippen LogP contribution in [0.5, 0.6) is 0 Å². The zero-order valence-electron chi connectivity index (χ0n) is 12.0. The van der Waals surface area contributed by atoms with Crippen molar-refractivity contribution in [1.29, 1.82) is 0 Å². The number of thiophene rings is 1. The predicted octanol–water partition coefficient (Wildman–Crippen LogP) is 2.89. The first-order valence-corrected chi connectivity index (χ1v) is 8.05. The first-order chi connectivity index (χ1) is 9.58. The van der Waals surface area contributed by atoms with Crippen LogP contribution < -0.4 is 0 Å². The number of carbonyl (C=O) groups is 1. The summed E-state index contributed by atoms with van der Waals surface area (Å²) < 4.78 is 0. The average molecular weight is 292 g/mol. The Hall–Kier alpha value is -1.36. The number of nitrogens with zero attached hydrogens (tertiary/aromatic N) is 2. The molecule has 0 saturated carbocycles. The maximum atomic E-state index is 12.7. The molecular weight excluding hydrogens is 272 g/mol. The second-order valence-corrected chi connectivity index (χ2v) is 6.94. The second-order valence-electron chi connectivity index (χ2n) is 5.99. The molecule has 3 heterocycles. The highest BCUT2D eigenvalue weighted by atomic mass is 32.1. The average Bonchev–Trinajstić information content (AvgIpc) is 3.08. The summed E-state index contributed by atoms with van der Waals surface area (Å²) in [5.74, 6) is 0.800. The number of hydrogen-bond donors (Lipinski definition) is 0. The normalized spacial score (nSPS) is 27.3. The van der Waals surface area contributed by atoms with E-state index < -0.39 is 5.60 Å². The largest absolute Gasteiger partial charge is 0.379 e. The van der Waals surface area contributed by atoms with E-state index in [4.69, 9.17) is 4.84 Å². The Kier molecular flexibility index (Phi) is 3.54. The van der Waals surface area contributed by atoms with Crippen molar-refractivity contribution in [2.75, 3.05) is 13.1 Å². The van der Waals surface area contributed by atoms with Gasteiger partial charge in [0.25, 0.3) is 5.91 Å². The van der Waals surface area contributed by atoms with Crippen molar-refractivity contribution in [3.8, 4) is 0 Å². The smallest absolute Gasteiger partial charge is 0.269 e. The van der Waals surface area contributed by atoms with Crippen molar-refractivity contribution in [3.05, 3.63) is 22.4 Å². The van der Waals surface area contributed by atoms with Crippen molar-refractivity contribution < 1.29 is 9.63 Å². The monoisotopic (exact) mass is 292 g/mol. The standard InChI is InChI=1S/C15H20N2O2S/c1-11-5-7-17(8-6-11)14(18)15(2)10-12(16-19-15)13-4-3-9-20-13/h3-4,9,11H,5-8,10H2,1-2H3/t15-/m0/s1. The fourth-order valence-electron chi connectivity index (χ4n) is 2.78. The quantitative estimate of drug-likeness (QED) is 0.841. The van der Waals surface area contributed by atoms with Crippen LogP contribution in [0.1, 0.15) is 38.0 Å². The summed E-state index contributed by atoms with van der Waals surface area (Å²) in [4.78, 5) is 21.2. The number of likely N-dealkylation sites (tertiary alicyclic amines) is 1. The molecule has 0 N–H and O–H groups in total. The third-order valence-corrected chi connectivity index (χ3v) is 5.11. The van der Waals surface area contributed by atoms with Crippen LogP contribution in [0.3, 0.4) is 0 Å². The van der Waals surface area contributed by atoms with E-state index in [0.29, 0.717) is 12.3 Å². The van der Waals surface area contributed by atoms with Crippen molar-refractivity contribution >= 4 is 23.0 Å². The van der Waals surface area contributed by atoms with E-state index >= 15 is 0 Å². The van der Waals surface area contributed by atoms with Crippen LogP contribution in [0.4, 0.5) is 0 Å². The molecule has 5 heteroatoms. The predicted molar refractivity (Wildman–Crippen MR) is 79.9 cm³/mol. The number of piperidine rings is 1. The highest BCUT2D eigenvalue weighted by Crippen LogP contribution is 2.31. The molecule has 1 amide bonds. The van der Waals surface area contributed by atoms with Crippen LogP contribution in [0.2, 0.25) is 0 Å². The van der Waals surface area contributed by atoms with Crippen LogP contribution in [-0.2, 0) is 9.63 Å². The van der Waals surface area contributed by atoms with Crippen LogP contribution in [0.25, 0.3) is 0 Å². The van der Waals surface area contributed by atoms with Crippen LogP contribution in [-0.4, -0.2) is 35.2 Å². The Balaban J connectivity index is 1.67. The van der Waals surface area contributed by atoms with Crippen LogP contribution >= 0.6 is 11.3 Å². The zero-order chi connectivity index (χ0) is 14.2. The summed E-state index contributed by atoms with van der Waals surface area (Å²) in [6.07, 6.45) is 2.74. The number of oxime groups is 1. The first kappa shape index (κ1) is 13.6. The number of hydrogen-bond acceptors (Lipinski definition) is 4. The second kappa shape index (κ2) is 5.20. The minimum Gasteiger partial charge on any atom is -0.379 e. The molecule has 0 bridgehead atoms. The van der Waals surface area contributed by atoms with Crippen molar-refractivity contribution in [2.45, 2.75) is 38.7 Å². The van der Waals surface area contributed by atoms with E-state index in [1.54, 1.807) is 11.3 Å². The summed E-state index contributed by atoms with van der Waals surface area (Å²) in [6.45, 7) is 5.78. The maximum Gasteiger partial charge on any atom is 0.269 e. The molecule has 4 nitrogen and oxygen atoms in total. The Labute approximate surface area is 123 Å². The lowest BCUT2D eigenvalue weighted by atomic mass is 9.94. The van der Waals surface area contributed by atoms with Gasteiger partial charge >= 0.3 is 0 Å². The topological polar surface area (TPSA) is 41.9 Å². The minimum atomic E-state index is -0.820. The fourth-order valence-corrected chi connectivity index (χ4v) is 3.48. The summed E-state index contributed by atoms with van der Waals surface area (Å²) >= 11 is 1.63. The Morgan fingerprint density at radius 1 is 1.50 bits per heavy atom. The Morgan fingerprint density at radius 3 is 2.90 bits per heavy atom. The van der Waals surface area contributed by atoms with E-state index in [0.717, 1.165) is 36.5 Å². The molecule has 0 spiro atoms. The summed E-state index contributed by atoms with van der Waals surface area (Å²) in [5, 5.41) is 6.16. The van der Waals surface area contributed by atoms with Crippen molar-refractivity contribution in [2.24, 2.45) is 11.1 Å². The van der Waals surface area contributed by atoms with Gasteiger partial charge in [-0.25, -0.2) is 0 Å². The van der Waals surface area contributed by atoms with Gasteiger partial charge in [0, 0.05) is 19.5 Å². The molecule has 20 heavy (non-hydrogen) atoms. The van der Waals surface area contributed by atoms with E-state index in [1.807, 2.05) is 29.3 Å². The molecule has 2 aliphatic heterocycles. The van der Waals surface area contributed by atoms with Gasteiger partial charge in [-0.15, -0.1) is 11.3 Å². The van der Waals surface area contributed by atoms with Gasteiger partial charge in [0.15, 0.2) is 0 Å². The number of carbonyl (C=O) groups excluding carboxylic acids is 1. The molecule has 1 atom stereocenters. The lowest BCUT2D eigenvalue weighted by Gasteiger charge is -2.34. The van der Waals surface area contributed by atoms with Crippen LogP contribution in [0, 0.1) is 5.92 Å². The Bertz CT molecular complexity index is 518. The molecule has 0 aliphatic carbocycles. The zero-order valence-corrected chi connectivity index (χ0v) is 12.8. The summed E-state index contributed by atoms with van der Waals surface area (Å²) in [7, 11) is 0. The molecule has 1 saturated heterocycles. The third kappa shape index (κ3) is 2.46. The molecule has 0 radical (unpaired) electrons. The van der Waals surface area contributed by atoms with Crippen LogP contribution in [0.15, 0.2) is 22.7 Å². The lowest BCUT2D eigenvalue weighted by Crippen LogP contribution is -2.49. The minimum absolute atomic E-state index is 0.0831. The van der Waals surface area contributed by atoms with E-state index in [2.05, 4.69) is 12.1 Å². The highest BCUT2D eigenvalue weighted by molar-refractivity contribution is 7.12. The number of amides is 1. The molecular formula is C15H20N2O2S. The van der Waals surface area contributed by atoms with Gasteiger partial charge in [-0.2, -0.15) is 0 Å². The van der Waals surface area contributed by atoms with Gasteiger partial charge in [0.1, 0.15) is 5.71 Å². The molecule has 0 aromatic carbocycles. The van der Waals surface area contributed by atoms with Gasteiger partial charge in [-0.1, -0.05) is 18.1 Å². The van der Waals surface area contributed by atoms with Crippen molar-refractivity contribution in [3.63, 3.8) is 0 Å². The van der Waals surface area contributed by atoms with E-state index in [-0.39, 0.29) is 5.91 Å².